The van der Waals surface area contributed by atoms with Crippen LogP contribution in [0.5, 0.6) is 0 Å². The summed E-state index contributed by atoms with van der Waals surface area (Å²) in [6.07, 6.45) is 7.37. The van der Waals surface area contributed by atoms with Gasteiger partial charge in [-0.3, -0.25) is 0 Å². The largest absolute Gasteiger partial charge is 0.316 e. The zero-order valence-electron chi connectivity index (χ0n) is 13.3. The topological polar surface area (TPSA) is 15.3 Å². The molecule has 112 valence electrons. The number of hydrogen-bond donors (Lipinski definition) is 1. The lowest BCUT2D eigenvalue weighted by molar-refractivity contribution is 0.162. The van der Waals surface area contributed by atoms with Crippen LogP contribution < -0.4 is 5.32 Å². The molecule has 0 aromatic heterocycles. The van der Waals surface area contributed by atoms with Crippen LogP contribution in [-0.2, 0) is 0 Å². The fourth-order valence-electron chi connectivity index (χ4n) is 4.03. The third kappa shape index (κ3) is 5.43. The van der Waals surface area contributed by atoms with E-state index >= 15 is 0 Å². The molecule has 19 heavy (non-hydrogen) atoms. The average molecular weight is 266 g/mol. The van der Waals surface area contributed by atoms with Crippen LogP contribution in [0, 0.1) is 23.7 Å². The van der Waals surface area contributed by atoms with E-state index in [9.17, 15) is 0 Å². The predicted molar refractivity (Wildman–Crippen MR) is 83.4 cm³/mol. The maximum atomic E-state index is 3.59. The lowest BCUT2D eigenvalue weighted by atomic mass is 9.81. The molecule has 0 radical (unpaired) electrons. The van der Waals surface area contributed by atoms with Gasteiger partial charge in [0, 0.05) is 13.1 Å². The molecule has 2 nitrogen and oxygen atoms in total. The van der Waals surface area contributed by atoms with Gasteiger partial charge < -0.3 is 10.2 Å². The van der Waals surface area contributed by atoms with Crippen molar-refractivity contribution in [1.29, 1.82) is 0 Å². The first kappa shape index (κ1) is 15.3. The highest BCUT2D eigenvalue weighted by molar-refractivity contribution is 4.76. The first-order valence-corrected chi connectivity index (χ1v) is 8.56. The number of nitrogens with zero attached hydrogens (tertiary/aromatic N) is 1. The van der Waals surface area contributed by atoms with Gasteiger partial charge in [-0.15, -0.1) is 0 Å². The second-order valence-corrected chi connectivity index (χ2v) is 7.55. The van der Waals surface area contributed by atoms with E-state index < -0.39 is 0 Å². The molecule has 1 saturated carbocycles. The van der Waals surface area contributed by atoms with Gasteiger partial charge in [0.15, 0.2) is 0 Å². The number of rotatable bonds is 3. The third-order valence-electron chi connectivity index (χ3n) is 5.02. The van der Waals surface area contributed by atoms with Crippen LogP contribution in [0.4, 0.5) is 0 Å². The smallest absolute Gasteiger partial charge is 0.00193 e. The summed E-state index contributed by atoms with van der Waals surface area (Å²) >= 11 is 0. The fourth-order valence-corrected chi connectivity index (χ4v) is 4.03. The SMILES string of the molecule is CC1CCCC(CCN2CC(C)CNCC(C)C2)C1. The van der Waals surface area contributed by atoms with Gasteiger partial charge in [-0.25, -0.2) is 0 Å². The summed E-state index contributed by atoms with van der Waals surface area (Å²) < 4.78 is 0. The van der Waals surface area contributed by atoms with Crippen molar-refractivity contribution in [3.8, 4) is 0 Å². The lowest BCUT2D eigenvalue weighted by Gasteiger charge is -2.34. The van der Waals surface area contributed by atoms with Gasteiger partial charge in [0.1, 0.15) is 0 Å². The van der Waals surface area contributed by atoms with Crippen LogP contribution in [0.15, 0.2) is 0 Å². The summed E-state index contributed by atoms with van der Waals surface area (Å²) in [6.45, 7) is 13.5. The minimum absolute atomic E-state index is 0.803. The number of nitrogens with one attached hydrogen (secondary N) is 1. The van der Waals surface area contributed by atoms with Gasteiger partial charge in [-0.1, -0.05) is 40.0 Å². The van der Waals surface area contributed by atoms with Gasteiger partial charge >= 0.3 is 0 Å². The molecule has 2 rings (SSSR count). The van der Waals surface area contributed by atoms with Crippen LogP contribution in [0.3, 0.4) is 0 Å². The van der Waals surface area contributed by atoms with Gasteiger partial charge in [0.05, 0.1) is 0 Å². The summed E-state index contributed by atoms with van der Waals surface area (Å²) in [6, 6.07) is 0. The molecular weight excluding hydrogens is 232 g/mol. The molecule has 0 bridgehead atoms. The Morgan fingerprint density at radius 1 is 0.947 bits per heavy atom. The maximum Gasteiger partial charge on any atom is 0.00193 e. The predicted octanol–water partition coefficient (Wildman–Crippen LogP) is 3.38. The van der Waals surface area contributed by atoms with Gasteiger partial charge in [-0.05, 0) is 56.1 Å². The van der Waals surface area contributed by atoms with Gasteiger partial charge in [-0.2, -0.15) is 0 Å². The first-order chi connectivity index (χ1) is 9.13. The van der Waals surface area contributed by atoms with Crippen LogP contribution in [0.2, 0.25) is 0 Å². The Balaban J connectivity index is 1.75. The van der Waals surface area contributed by atoms with Crippen molar-refractivity contribution < 1.29 is 0 Å². The van der Waals surface area contributed by atoms with E-state index in [1.807, 2.05) is 0 Å². The fraction of sp³-hybridized carbons (Fsp3) is 1.00. The summed E-state index contributed by atoms with van der Waals surface area (Å²) in [5, 5.41) is 3.59. The molecule has 4 unspecified atom stereocenters. The van der Waals surface area contributed by atoms with Crippen molar-refractivity contribution in [2.24, 2.45) is 23.7 Å². The Morgan fingerprint density at radius 3 is 2.26 bits per heavy atom. The lowest BCUT2D eigenvalue weighted by Crippen LogP contribution is -2.43. The van der Waals surface area contributed by atoms with E-state index in [1.54, 1.807) is 0 Å². The van der Waals surface area contributed by atoms with Gasteiger partial charge in [0.25, 0.3) is 0 Å². The molecule has 0 amide bonds. The average Bonchev–Trinajstić information content (AvgIpc) is 2.34. The molecule has 2 fully saturated rings. The normalized spacial score (nSPS) is 38.7. The van der Waals surface area contributed by atoms with Gasteiger partial charge in [0.2, 0.25) is 0 Å². The molecule has 0 aromatic carbocycles. The molecule has 2 aliphatic rings. The second-order valence-electron chi connectivity index (χ2n) is 7.55. The molecule has 0 aromatic rings. The standard InChI is InChI=1S/C17H34N2/c1-14-5-4-6-17(9-14)7-8-19-12-15(2)10-18-11-16(3)13-19/h14-18H,4-13H2,1-3H3. The Hall–Kier alpha value is -0.0800. The zero-order valence-corrected chi connectivity index (χ0v) is 13.3. The van der Waals surface area contributed by atoms with E-state index in [0.29, 0.717) is 0 Å². The molecule has 1 N–H and O–H groups in total. The summed E-state index contributed by atoms with van der Waals surface area (Å²) in [5.74, 6) is 3.60. The molecule has 4 atom stereocenters. The van der Waals surface area contributed by atoms with Crippen molar-refractivity contribution in [2.45, 2.75) is 52.9 Å². The van der Waals surface area contributed by atoms with Crippen molar-refractivity contribution in [3.63, 3.8) is 0 Å². The Bertz CT molecular complexity index is 242. The Morgan fingerprint density at radius 2 is 1.63 bits per heavy atom. The van der Waals surface area contributed by atoms with Crippen molar-refractivity contribution in [2.75, 3.05) is 32.7 Å². The molecule has 1 aliphatic heterocycles. The quantitative estimate of drug-likeness (QED) is 0.842. The molecule has 0 spiro atoms. The maximum absolute atomic E-state index is 3.59. The van der Waals surface area contributed by atoms with Crippen LogP contribution >= 0.6 is 0 Å². The molecule has 2 heteroatoms. The van der Waals surface area contributed by atoms with Crippen LogP contribution in [-0.4, -0.2) is 37.6 Å². The molecule has 1 saturated heterocycles. The molecule has 1 aliphatic carbocycles. The first-order valence-electron chi connectivity index (χ1n) is 8.56. The summed E-state index contributed by atoms with van der Waals surface area (Å²) in [4.78, 5) is 2.75. The van der Waals surface area contributed by atoms with E-state index in [-0.39, 0.29) is 0 Å². The van der Waals surface area contributed by atoms with E-state index in [0.717, 1.165) is 23.7 Å². The van der Waals surface area contributed by atoms with E-state index in [1.165, 1.54) is 64.8 Å². The highest BCUT2D eigenvalue weighted by Gasteiger charge is 2.21. The highest BCUT2D eigenvalue weighted by Crippen LogP contribution is 2.30. The van der Waals surface area contributed by atoms with Crippen molar-refractivity contribution in [1.82, 2.24) is 10.2 Å². The molecular formula is C17H34N2. The molecule has 1 heterocycles. The second kappa shape index (κ2) is 7.64. The van der Waals surface area contributed by atoms with Crippen LogP contribution in [0.25, 0.3) is 0 Å². The summed E-state index contributed by atoms with van der Waals surface area (Å²) in [5.41, 5.74) is 0. The minimum atomic E-state index is 0.803. The highest BCUT2D eigenvalue weighted by atomic mass is 15.1. The monoisotopic (exact) mass is 266 g/mol. The zero-order chi connectivity index (χ0) is 13.7. The van der Waals surface area contributed by atoms with Crippen molar-refractivity contribution in [3.05, 3.63) is 0 Å². The van der Waals surface area contributed by atoms with E-state index in [2.05, 4.69) is 31.0 Å². The van der Waals surface area contributed by atoms with Crippen LogP contribution in [0.1, 0.15) is 52.9 Å². The summed E-state index contributed by atoms with van der Waals surface area (Å²) in [7, 11) is 0. The van der Waals surface area contributed by atoms with E-state index in [4.69, 9.17) is 0 Å². The minimum Gasteiger partial charge on any atom is -0.316 e. The number of hydrogen-bond acceptors (Lipinski definition) is 2. The Labute approximate surface area is 120 Å². The Kier molecular flexibility index (Phi) is 6.15. The van der Waals surface area contributed by atoms with Crippen molar-refractivity contribution >= 4 is 0 Å². The third-order valence-corrected chi connectivity index (χ3v) is 5.02.